The van der Waals surface area contributed by atoms with Crippen LogP contribution in [0.15, 0.2) is 24.3 Å². The zero-order valence-corrected chi connectivity index (χ0v) is 10.7. The number of piperidine rings is 1. The Labute approximate surface area is 107 Å². The maximum atomic E-state index is 12.5. The van der Waals surface area contributed by atoms with Gasteiger partial charge in [-0.3, -0.25) is 4.79 Å². The van der Waals surface area contributed by atoms with Crippen molar-refractivity contribution >= 4 is 11.6 Å². The fraction of sp³-hybridized carbons (Fsp3) is 0.429. The van der Waals surface area contributed by atoms with Crippen molar-refractivity contribution in [3.63, 3.8) is 0 Å². The summed E-state index contributed by atoms with van der Waals surface area (Å²) >= 11 is 0. The number of rotatable bonds is 1. The van der Waals surface area contributed by atoms with E-state index in [2.05, 4.69) is 6.07 Å². The van der Waals surface area contributed by atoms with Crippen molar-refractivity contribution in [2.45, 2.75) is 26.3 Å². The van der Waals surface area contributed by atoms with Crippen LogP contribution in [0.3, 0.4) is 0 Å². The van der Waals surface area contributed by atoms with Gasteiger partial charge in [0.2, 0.25) is 5.91 Å². The molecule has 0 aliphatic carbocycles. The summed E-state index contributed by atoms with van der Waals surface area (Å²) in [6, 6.07) is 9.17. The Balaban J connectivity index is 2.41. The van der Waals surface area contributed by atoms with Gasteiger partial charge in [0.05, 0.1) is 16.7 Å². The molecular formula is C14H17N3O. The number of nitriles is 1. The molecule has 4 nitrogen and oxygen atoms in total. The minimum atomic E-state index is -0.583. The number of benzene rings is 1. The predicted molar refractivity (Wildman–Crippen MR) is 69.9 cm³/mol. The molecule has 0 bridgehead atoms. The third-order valence-electron chi connectivity index (χ3n) is 3.70. The number of carbonyl (C=O) groups excluding carboxylic acids is 1. The van der Waals surface area contributed by atoms with Crippen LogP contribution in [0, 0.1) is 16.7 Å². The van der Waals surface area contributed by atoms with E-state index in [0.717, 1.165) is 6.42 Å². The van der Waals surface area contributed by atoms with Gasteiger partial charge < -0.3 is 10.6 Å². The van der Waals surface area contributed by atoms with Crippen molar-refractivity contribution in [1.29, 1.82) is 5.26 Å². The van der Waals surface area contributed by atoms with Crippen LogP contribution in [0.1, 0.15) is 25.8 Å². The Kier molecular flexibility index (Phi) is 3.10. The van der Waals surface area contributed by atoms with E-state index in [4.69, 9.17) is 11.0 Å². The van der Waals surface area contributed by atoms with Gasteiger partial charge in [-0.1, -0.05) is 12.1 Å². The highest BCUT2D eigenvalue weighted by atomic mass is 16.2. The molecule has 0 saturated carbocycles. The Hall–Kier alpha value is -1.86. The molecule has 1 aliphatic heterocycles. The van der Waals surface area contributed by atoms with Gasteiger partial charge in [-0.15, -0.1) is 0 Å². The topological polar surface area (TPSA) is 70.1 Å². The lowest BCUT2D eigenvalue weighted by Gasteiger charge is -2.41. The minimum Gasteiger partial charge on any atom is -0.327 e. The number of para-hydroxylation sites is 1. The summed E-state index contributed by atoms with van der Waals surface area (Å²) < 4.78 is 0. The molecular weight excluding hydrogens is 226 g/mol. The SMILES string of the molecule is CC1(C)C(=O)N(c2ccccc2C#N)CCC1N. The van der Waals surface area contributed by atoms with Gasteiger partial charge in [0.1, 0.15) is 6.07 Å². The first-order valence-electron chi connectivity index (χ1n) is 6.05. The summed E-state index contributed by atoms with van der Waals surface area (Å²) in [5.41, 5.74) is 6.63. The van der Waals surface area contributed by atoms with Crippen LogP contribution in [0.4, 0.5) is 5.69 Å². The third-order valence-corrected chi connectivity index (χ3v) is 3.70. The molecule has 2 N–H and O–H groups in total. The van der Waals surface area contributed by atoms with Crippen molar-refractivity contribution in [3.8, 4) is 6.07 Å². The molecule has 1 aromatic rings. The number of hydrogen-bond donors (Lipinski definition) is 1. The van der Waals surface area contributed by atoms with Gasteiger partial charge in [0, 0.05) is 12.6 Å². The van der Waals surface area contributed by atoms with Gasteiger partial charge in [-0.2, -0.15) is 5.26 Å². The van der Waals surface area contributed by atoms with E-state index >= 15 is 0 Å². The number of hydrogen-bond acceptors (Lipinski definition) is 3. The van der Waals surface area contributed by atoms with E-state index in [-0.39, 0.29) is 11.9 Å². The average molecular weight is 243 g/mol. The van der Waals surface area contributed by atoms with Crippen LogP contribution < -0.4 is 10.6 Å². The largest absolute Gasteiger partial charge is 0.327 e. The summed E-state index contributed by atoms with van der Waals surface area (Å²) in [5, 5.41) is 9.10. The molecule has 1 aromatic carbocycles. The van der Waals surface area contributed by atoms with Gasteiger partial charge in [0.15, 0.2) is 0 Å². The van der Waals surface area contributed by atoms with Crippen LogP contribution in [-0.4, -0.2) is 18.5 Å². The van der Waals surface area contributed by atoms with Gasteiger partial charge in [-0.05, 0) is 32.4 Å². The standard InChI is InChI=1S/C14H17N3O/c1-14(2)12(16)7-8-17(13(14)18)11-6-4-3-5-10(11)9-15/h3-6,12H,7-8,16H2,1-2H3. The molecule has 0 aromatic heterocycles. The van der Waals surface area contributed by atoms with Crippen LogP contribution in [0.25, 0.3) is 0 Å². The number of nitrogens with two attached hydrogens (primary N) is 1. The first kappa shape index (κ1) is 12.6. The first-order chi connectivity index (χ1) is 8.48. The summed E-state index contributed by atoms with van der Waals surface area (Å²) in [5.74, 6) is -0.0102. The van der Waals surface area contributed by atoms with Gasteiger partial charge >= 0.3 is 0 Å². The van der Waals surface area contributed by atoms with Gasteiger partial charge in [0.25, 0.3) is 0 Å². The van der Waals surface area contributed by atoms with Crippen molar-refractivity contribution in [2.75, 3.05) is 11.4 Å². The molecule has 0 radical (unpaired) electrons. The highest BCUT2D eigenvalue weighted by Gasteiger charge is 2.42. The maximum Gasteiger partial charge on any atom is 0.234 e. The minimum absolute atomic E-state index is 0.0102. The lowest BCUT2D eigenvalue weighted by Crippen LogP contribution is -2.56. The van der Waals surface area contributed by atoms with E-state index in [1.807, 2.05) is 26.0 Å². The van der Waals surface area contributed by atoms with E-state index in [1.165, 1.54) is 0 Å². The van der Waals surface area contributed by atoms with Crippen molar-refractivity contribution in [3.05, 3.63) is 29.8 Å². The predicted octanol–water partition coefficient (Wildman–Crippen LogP) is 1.65. The highest BCUT2D eigenvalue weighted by molar-refractivity contribution is 5.99. The molecule has 1 amide bonds. The van der Waals surface area contributed by atoms with Crippen molar-refractivity contribution in [1.82, 2.24) is 0 Å². The van der Waals surface area contributed by atoms with Crippen molar-refractivity contribution < 1.29 is 4.79 Å². The lowest BCUT2D eigenvalue weighted by molar-refractivity contribution is -0.129. The third kappa shape index (κ3) is 1.87. The fourth-order valence-corrected chi connectivity index (χ4v) is 2.27. The van der Waals surface area contributed by atoms with E-state index in [1.54, 1.807) is 17.0 Å². The molecule has 4 heteroatoms. The summed E-state index contributed by atoms with van der Waals surface area (Å²) in [4.78, 5) is 14.1. The second-order valence-electron chi connectivity index (χ2n) is 5.20. The van der Waals surface area contributed by atoms with Crippen LogP contribution in [-0.2, 0) is 4.79 Å². The second kappa shape index (κ2) is 4.43. The summed E-state index contributed by atoms with van der Waals surface area (Å²) in [6.07, 6.45) is 0.749. The first-order valence-corrected chi connectivity index (χ1v) is 6.05. The Morgan fingerprint density at radius 2 is 2.11 bits per heavy atom. The number of amides is 1. The number of nitrogens with zero attached hydrogens (tertiary/aromatic N) is 2. The molecule has 2 rings (SSSR count). The Morgan fingerprint density at radius 3 is 2.78 bits per heavy atom. The summed E-state index contributed by atoms with van der Waals surface area (Å²) in [7, 11) is 0. The average Bonchev–Trinajstić information content (AvgIpc) is 2.37. The monoisotopic (exact) mass is 243 g/mol. The van der Waals surface area contributed by atoms with Crippen LogP contribution in [0.5, 0.6) is 0 Å². The van der Waals surface area contributed by atoms with Gasteiger partial charge in [-0.25, -0.2) is 0 Å². The number of carbonyl (C=O) groups is 1. The molecule has 1 heterocycles. The quantitative estimate of drug-likeness (QED) is 0.815. The smallest absolute Gasteiger partial charge is 0.234 e. The van der Waals surface area contributed by atoms with E-state index in [0.29, 0.717) is 17.8 Å². The molecule has 94 valence electrons. The van der Waals surface area contributed by atoms with Crippen molar-refractivity contribution in [2.24, 2.45) is 11.1 Å². The van der Waals surface area contributed by atoms with E-state index < -0.39 is 5.41 Å². The zero-order chi connectivity index (χ0) is 13.3. The fourth-order valence-electron chi connectivity index (χ4n) is 2.27. The maximum absolute atomic E-state index is 12.5. The second-order valence-corrected chi connectivity index (χ2v) is 5.20. The van der Waals surface area contributed by atoms with Crippen LogP contribution in [0.2, 0.25) is 0 Å². The highest BCUT2D eigenvalue weighted by Crippen LogP contribution is 2.33. The van der Waals surface area contributed by atoms with E-state index in [9.17, 15) is 4.79 Å². The molecule has 18 heavy (non-hydrogen) atoms. The molecule has 1 unspecified atom stereocenters. The normalized spacial score (nSPS) is 22.7. The molecule has 1 atom stereocenters. The molecule has 1 fully saturated rings. The molecule has 1 saturated heterocycles. The summed E-state index contributed by atoms with van der Waals surface area (Å²) in [6.45, 7) is 4.30. The number of anilines is 1. The Morgan fingerprint density at radius 1 is 1.44 bits per heavy atom. The molecule has 1 aliphatic rings. The zero-order valence-electron chi connectivity index (χ0n) is 10.7. The van der Waals surface area contributed by atoms with Crippen LogP contribution >= 0.6 is 0 Å². The Bertz CT molecular complexity index is 516. The molecule has 0 spiro atoms. The lowest BCUT2D eigenvalue weighted by atomic mass is 9.78.